The Bertz CT molecular complexity index is 770. The highest BCUT2D eigenvalue weighted by atomic mass is 79.9. The number of ketones is 1. The van der Waals surface area contributed by atoms with Crippen molar-refractivity contribution in [3.05, 3.63) is 33.4 Å². The van der Waals surface area contributed by atoms with Gasteiger partial charge in [0.1, 0.15) is 0 Å². The van der Waals surface area contributed by atoms with Crippen LogP contribution >= 0.6 is 15.9 Å². The SMILES string of the molecule is COc1cc([C@H]2NC(=O)NC3=C2C(=O)CC(C)(C)C3)cc(Br)c1O. The number of phenols is 1. The number of urea groups is 1. The normalized spacial score (nSPS) is 22.6. The number of Topliss-reactive ketones (excluding diaryl/α,β-unsaturated/α-hetero) is 1. The van der Waals surface area contributed by atoms with Crippen LogP contribution in [0.2, 0.25) is 0 Å². The Balaban J connectivity index is 2.12. The van der Waals surface area contributed by atoms with Crippen molar-refractivity contribution in [2.24, 2.45) is 5.41 Å². The van der Waals surface area contributed by atoms with E-state index in [-0.39, 0.29) is 28.7 Å². The molecule has 0 bridgehead atoms. The first-order chi connectivity index (χ1) is 11.2. The van der Waals surface area contributed by atoms with E-state index in [1.54, 1.807) is 12.1 Å². The lowest BCUT2D eigenvalue weighted by Gasteiger charge is -2.38. The first kappa shape index (κ1) is 16.8. The number of allylic oxidation sites excluding steroid dienone is 1. The molecule has 1 heterocycles. The summed E-state index contributed by atoms with van der Waals surface area (Å²) in [5.74, 6) is 0.270. The van der Waals surface area contributed by atoms with Gasteiger partial charge in [0, 0.05) is 17.7 Å². The molecule has 0 saturated heterocycles. The molecule has 1 aliphatic carbocycles. The predicted octanol–water partition coefficient (Wildman–Crippen LogP) is 3.16. The lowest BCUT2D eigenvalue weighted by Crippen LogP contribution is -2.48. The van der Waals surface area contributed by atoms with Gasteiger partial charge in [-0.2, -0.15) is 0 Å². The van der Waals surface area contributed by atoms with Crippen LogP contribution in [0.3, 0.4) is 0 Å². The molecule has 24 heavy (non-hydrogen) atoms. The number of halogens is 1. The summed E-state index contributed by atoms with van der Waals surface area (Å²) in [6.07, 6.45) is 1.06. The maximum atomic E-state index is 12.7. The number of benzene rings is 1. The van der Waals surface area contributed by atoms with E-state index >= 15 is 0 Å². The summed E-state index contributed by atoms with van der Waals surface area (Å²) in [6.45, 7) is 4.02. The average molecular weight is 395 g/mol. The molecule has 0 fully saturated rings. The standard InChI is InChI=1S/C17H19BrN2O4/c1-17(2)6-10-13(11(21)7-17)14(20-16(23)19-10)8-4-9(18)15(22)12(5-8)24-3/h4-5,14,22H,6-7H2,1-3H3,(H2,19,20,23)/t14-/m1/s1. The highest BCUT2D eigenvalue weighted by Gasteiger charge is 2.40. The smallest absolute Gasteiger partial charge is 0.319 e. The van der Waals surface area contributed by atoms with Crippen LogP contribution < -0.4 is 15.4 Å². The Morgan fingerprint density at radius 2 is 2.00 bits per heavy atom. The minimum absolute atomic E-state index is 0.0157. The van der Waals surface area contributed by atoms with Gasteiger partial charge >= 0.3 is 6.03 Å². The Labute approximate surface area is 148 Å². The lowest BCUT2D eigenvalue weighted by molar-refractivity contribution is -0.118. The summed E-state index contributed by atoms with van der Waals surface area (Å²) in [4.78, 5) is 24.8. The third-order valence-electron chi connectivity index (χ3n) is 4.35. The van der Waals surface area contributed by atoms with Gasteiger partial charge in [-0.3, -0.25) is 4.79 Å². The van der Waals surface area contributed by atoms with Gasteiger partial charge in [-0.05, 0) is 45.5 Å². The van der Waals surface area contributed by atoms with E-state index in [1.165, 1.54) is 7.11 Å². The van der Waals surface area contributed by atoms with Crippen LogP contribution in [-0.4, -0.2) is 24.0 Å². The lowest BCUT2D eigenvalue weighted by atomic mass is 9.73. The van der Waals surface area contributed by atoms with Gasteiger partial charge in [0.05, 0.1) is 17.6 Å². The van der Waals surface area contributed by atoms with Crippen molar-refractivity contribution < 1.29 is 19.4 Å². The molecule has 7 heteroatoms. The molecule has 0 aromatic heterocycles. The largest absolute Gasteiger partial charge is 0.503 e. The first-order valence-corrected chi connectivity index (χ1v) is 8.41. The maximum Gasteiger partial charge on any atom is 0.319 e. The third-order valence-corrected chi connectivity index (χ3v) is 4.96. The number of hydrogen-bond acceptors (Lipinski definition) is 4. The second kappa shape index (κ2) is 5.81. The van der Waals surface area contributed by atoms with Crippen LogP contribution in [0.5, 0.6) is 11.5 Å². The number of carbonyl (C=O) groups excluding carboxylic acids is 2. The zero-order valence-electron chi connectivity index (χ0n) is 13.7. The van der Waals surface area contributed by atoms with Crippen LogP contribution in [0.25, 0.3) is 0 Å². The Morgan fingerprint density at radius 1 is 1.29 bits per heavy atom. The van der Waals surface area contributed by atoms with Gasteiger partial charge in [0.25, 0.3) is 0 Å². The van der Waals surface area contributed by atoms with Gasteiger partial charge in [-0.1, -0.05) is 13.8 Å². The van der Waals surface area contributed by atoms with Gasteiger partial charge in [-0.25, -0.2) is 4.79 Å². The van der Waals surface area contributed by atoms with Crippen LogP contribution in [-0.2, 0) is 4.79 Å². The Kier molecular flexibility index (Phi) is 4.07. The number of ether oxygens (including phenoxy) is 1. The number of methoxy groups -OCH3 is 1. The number of nitrogens with one attached hydrogen (secondary N) is 2. The van der Waals surface area contributed by atoms with Crippen LogP contribution in [0, 0.1) is 5.41 Å². The molecule has 2 amide bonds. The molecule has 128 valence electrons. The Morgan fingerprint density at radius 3 is 2.67 bits per heavy atom. The van der Waals surface area contributed by atoms with E-state index in [2.05, 4.69) is 26.6 Å². The van der Waals surface area contributed by atoms with Crippen molar-refractivity contribution in [2.45, 2.75) is 32.7 Å². The second-order valence-corrected chi connectivity index (χ2v) is 7.77. The molecule has 1 aromatic carbocycles. The number of hydrogen-bond donors (Lipinski definition) is 3. The average Bonchev–Trinajstić information content (AvgIpc) is 2.47. The molecule has 0 saturated carbocycles. The van der Waals surface area contributed by atoms with Crippen LogP contribution in [0.15, 0.2) is 27.9 Å². The maximum absolute atomic E-state index is 12.7. The summed E-state index contributed by atoms with van der Waals surface area (Å²) in [6, 6.07) is 2.41. The molecule has 1 atom stereocenters. The minimum atomic E-state index is -0.567. The molecular weight excluding hydrogens is 376 g/mol. The van der Waals surface area contributed by atoms with E-state index in [0.29, 0.717) is 34.1 Å². The fourth-order valence-electron chi connectivity index (χ4n) is 3.32. The summed E-state index contributed by atoms with van der Waals surface area (Å²) in [7, 11) is 1.45. The molecule has 3 rings (SSSR count). The molecule has 1 aliphatic heterocycles. The molecule has 0 radical (unpaired) electrons. The molecule has 3 N–H and O–H groups in total. The van der Waals surface area contributed by atoms with Crippen molar-refractivity contribution in [1.29, 1.82) is 0 Å². The monoisotopic (exact) mass is 394 g/mol. The molecule has 2 aliphatic rings. The van der Waals surface area contributed by atoms with Crippen molar-refractivity contribution in [2.75, 3.05) is 7.11 Å². The highest BCUT2D eigenvalue weighted by Crippen LogP contribution is 2.44. The summed E-state index contributed by atoms with van der Waals surface area (Å²) in [5.41, 5.74) is 1.74. The zero-order valence-corrected chi connectivity index (χ0v) is 15.3. The minimum Gasteiger partial charge on any atom is -0.503 e. The van der Waals surface area contributed by atoms with E-state index in [0.717, 1.165) is 0 Å². The number of rotatable bonds is 2. The zero-order chi connectivity index (χ0) is 17.6. The van der Waals surface area contributed by atoms with E-state index in [9.17, 15) is 14.7 Å². The molecule has 0 spiro atoms. The third kappa shape index (κ3) is 2.88. The number of carbonyl (C=O) groups is 2. The van der Waals surface area contributed by atoms with Crippen molar-refractivity contribution in [1.82, 2.24) is 10.6 Å². The topological polar surface area (TPSA) is 87.7 Å². The molecular formula is C17H19BrN2O4. The molecule has 1 aromatic rings. The molecule has 0 unspecified atom stereocenters. The Hall–Kier alpha value is -2.02. The number of amides is 2. The van der Waals surface area contributed by atoms with Gasteiger partial charge in [-0.15, -0.1) is 0 Å². The quantitative estimate of drug-likeness (QED) is 0.718. The van der Waals surface area contributed by atoms with Gasteiger partial charge in [0.2, 0.25) is 0 Å². The van der Waals surface area contributed by atoms with Gasteiger partial charge < -0.3 is 20.5 Å². The fourth-order valence-corrected chi connectivity index (χ4v) is 3.78. The van der Waals surface area contributed by atoms with E-state index < -0.39 is 6.04 Å². The second-order valence-electron chi connectivity index (χ2n) is 6.92. The van der Waals surface area contributed by atoms with Gasteiger partial charge in [0.15, 0.2) is 17.3 Å². The summed E-state index contributed by atoms with van der Waals surface area (Å²) in [5, 5.41) is 15.6. The van der Waals surface area contributed by atoms with E-state index in [4.69, 9.17) is 4.74 Å². The highest BCUT2D eigenvalue weighted by molar-refractivity contribution is 9.10. The number of aromatic hydroxyl groups is 1. The molecule has 6 nitrogen and oxygen atoms in total. The van der Waals surface area contributed by atoms with Crippen molar-refractivity contribution >= 4 is 27.7 Å². The fraction of sp³-hybridized carbons (Fsp3) is 0.412. The van der Waals surface area contributed by atoms with Crippen molar-refractivity contribution in [3.63, 3.8) is 0 Å². The van der Waals surface area contributed by atoms with Crippen molar-refractivity contribution in [3.8, 4) is 11.5 Å². The van der Waals surface area contributed by atoms with E-state index in [1.807, 2.05) is 13.8 Å². The summed E-state index contributed by atoms with van der Waals surface area (Å²) < 4.78 is 5.61. The number of phenolic OH excluding ortho intramolecular Hbond substituents is 1. The summed E-state index contributed by atoms with van der Waals surface area (Å²) >= 11 is 3.28. The first-order valence-electron chi connectivity index (χ1n) is 7.62. The van der Waals surface area contributed by atoms with Crippen LogP contribution in [0.4, 0.5) is 4.79 Å². The predicted molar refractivity (Wildman–Crippen MR) is 91.8 cm³/mol. The van der Waals surface area contributed by atoms with Crippen LogP contribution in [0.1, 0.15) is 38.3 Å².